The van der Waals surface area contributed by atoms with Gasteiger partial charge < -0.3 is 15.4 Å². The highest BCUT2D eigenvalue weighted by Gasteiger charge is 2.54. The molecule has 1 aromatic carbocycles. The first-order valence-corrected chi connectivity index (χ1v) is 16.0. The first-order chi connectivity index (χ1) is 20.9. The number of urea groups is 2. The molecular formula is C32H44N8O3. The number of hydrogen-bond donors (Lipinski definition) is 1. The van der Waals surface area contributed by atoms with E-state index in [1.165, 1.54) is 37.0 Å². The second-order valence-corrected chi connectivity index (χ2v) is 13.3. The Morgan fingerprint density at radius 3 is 2.37 bits per heavy atom. The monoisotopic (exact) mass is 588 g/mol. The Morgan fingerprint density at radius 1 is 1.07 bits per heavy atom. The Hall–Kier alpha value is -3.60. The van der Waals surface area contributed by atoms with Gasteiger partial charge in [0.1, 0.15) is 11.4 Å². The Balaban J connectivity index is 1.34. The number of rotatable bonds is 7. The third kappa shape index (κ3) is 4.85. The third-order valence-corrected chi connectivity index (χ3v) is 10.7. The molecule has 43 heavy (non-hydrogen) atoms. The number of hydrogen-bond acceptors (Lipinski definition) is 7. The Bertz CT molecular complexity index is 1350. The van der Waals surface area contributed by atoms with E-state index in [2.05, 4.69) is 21.9 Å². The third-order valence-electron chi connectivity index (χ3n) is 10.7. The molecule has 11 nitrogen and oxygen atoms in total. The predicted molar refractivity (Wildman–Crippen MR) is 165 cm³/mol. The van der Waals surface area contributed by atoms with Crippen molar-refractivity contribution < 1.29 is 14.3 Å². The van der Waals surface area contributed by atoms with Gasteiger partial charge in [0, 0.05) is 13.1 Å². The van der Waals surface area contributed by atoms with E-state index < -0.39 is 6.03 Å². The van der Waals surface area contributed by atoms with Crippen LogP contribution in [0.2, 0.25) is 0 Å². The molecule has 1 saturated heterocycles. The molecule has 2 aliphatic heterocycles. The molecular weight excluding hydrogens is 544 g/mol. The van der Waals surface area contributed by atoms with Crippen LogP contribution in [0, 0.1) is 29.6 Å². The van der Waals surface area contributed by atoms with Gasteiger partial charge in [0.2, 0.25) is 5.95 Å². The molecule has 0 radical (unpaired) electrons. The number of nitrogens with zero attached hydrogens (tertiary/aromatic N) is 7. The van der Waals surface area contributed by atoms with Gasteiger partial charge in [-0.1, -0.05) is 12.1 Å². The molecule has 2 N–H and O–H groups in total. The number of piperidine rings is 1. The van der Waals surface area contributed by atoms with Crippen molar-refractivity contribution in [1.29, 1.82) is 0 Å². The maximum atomic E-state index is 14.4. The molecule has 8 rings (SSSR count). The van der Waals surface area contributed by atoms with Crippen LogP contribution in [0.3, 0.4) is 0 Å². The molecule has 0 unspecified atom stereocenters. The van der Waals surface area contributed by atoms with Crippen molar-refractivity contribution in [2.45, 2.75) is 57.9 Å². The zero-order valence-electron chi connectivity index (χ0n) is 25.6. The van der Waals surface area contributed by atoms with Crippen molar-refractivity contribution >= 4 is 35.2 Å². The molecule has 4 bridgehead atoms. The van der Waals surface area contributed by atoms with Crippen LogP contribution < -0.4 is 25.3 Å². The number of carbonyl (C=O) groups is 2. The largest absolute Gasteiger partial charge is 0.495 e. The summed E-state index contributed by atoms with van der Waals surface area (Å²) >= 11 is 0. The second kappa shape index (κ2) is 11.2. The standard InChI is InChI=1S/C32H44N8O3/c1-4-38-32(42)37(19-20-9-11-36(2)12-10-20)26-18-34-31(39(30(33)41)25-7-5-6-8-27(25)43-3)35-29(26)40(38)28-23-14-21-13-22(16-23)17-24(28)15-21/h5-8,18,20-24,28H,4,9-17,19H2,1-3H3,(H2,33,41). The highest BCUT2D eigenvalue weighted by atomic mass is 16.5. The van der Waals surface area contributed by atoms with Gasteiger partial charge in [-0.05, 0) is 114 Å². The van der Waals surface area contributed by atoms with Gasteiger partial charge in [-0.25, -0.2) is 24.5 Å². The van der Waals surface area contributed by atoms with Gasteiger partial charge in [-0.15, -0.1) is 0 Å². The highest BCUT2D eigenvalue weighted by Crippen LogP contribution is 2.57. The molecule has 5 fully saturated rings. The molecule has 11 heteroatoms. The number of primary amides is 1. The molecule has 0 atom stereocenters. The number of nitrogens with two attached hydrogens (primary N) is 1. The number of aromatic nitrogens is 2. The number of likely N-dealkylation sites (tertiary alicyclic amines) is 1. The van der Waals surface area contributed by atoms with Crippen LogP contribution in [-0.4, -0.2) is 78.3 Å². The van der Waals surface area contributed by atoms with E-state index in [-0.39, 0.29) is 18.0 Å². The summed E-state index contributed by atoms with van der Waals surface area (Å²) in [5, 5.41) is 4.13. The van der Waals surface area contributed by atoms with Crippen LogP contribution in [0.15, 0.2) is 30.5 Å². The maximum absolute atomic E-state index is 14.4. The van der Waals surface area contributed by atoms with E-state index in [0.717, 1.165) is 43.5 Å². The smallest absolute Gasteiger partial charge is 0.343 e. The summed E-state index contributed by atoms with van der Waals surface area (Å²) in [6.45, 7) is 5.26. The van der Waals surface area contributed by atoms with Crippen molar-refractivity contribution in [1.82, 2.24) is 19.9 Å². The summed E-state index contributed by atoms with van der Waals surface area (Å²) in [4.78, 5) is 42.7. The fourth-order valence-corrected chi connectivity index (χ4v) is 8.98. The molecule has 0 spiro atoms. The number of methoxy groups -OCH3 is 1. The second-order valence-electron chi connectivity index (χ2n) is 13.3. The number of benzene rings is 1. The summed E-state index contributed by atoms with van der Waals surface area (Å²) < 4.78 is 5.57. The summed E-state index contributed by atoms with van der Waals surface area (Å²) in [5.74, 6) is 4.40. The lowest BCUT2D eigenvalue weighted by atomic mass is 9.54. The van der Waals surface area contributed by atoms with E-state index >= 15 is 0 Å². The number of ether oxygens (including phenoxy) is 1. The molecule has 4 saturated carbocycles. The van der Waals surface area contributed by atoms with Crippen molar-refractivity contribution in [3.05, 3.63) is 30.5 Å². The molecule has 4 aliphatic carbocycles. The Kier molecular flexibility index (Phi) is 7.31. The quantitative estimate of drug-likeness (QED) is 0.492. The molecule has 2 aromatic rings. The minimum Gasteiger partial charge on any atom is -0.495 e. The van der Waals surface area contributed by atoms with Crippen LogP contribution in [0.25, 0.3) is 0 Å². The van der Waals surface area contributed by atoms with Gasteiger partial charge in [-0.3, -0.25) is 9.91 Å². The SMILES string of the molecule is CCN1C(=O)N(CC2CCN(C)CC2)c2cnc(N(C(N)=O)c3ccccc3OC)nc2N1C1C2CC3CC(C2)CC1C3. The van der Waals surface area contributed by atoms with Crippen LogP contribution in [0.4, 0.5) is 32.7 Å². The lowest BCUT2D eigenvalue weighted by Crippen LogP contribution is -2.66. The number of para-hydroxylation sites is 2. The molecule has 4 amide bonds. The van der Waals surface area contributed by atoms with E-state index in [9.17, 15) is 9.59 Å². The van der Waals surface area contributed by atoms with Gasteiger partial charge in [0.05, 0.1) is 25.0 Å². The van der Waals surface area contributed by atoms with Crippen LogP contribution in [-0.2, 0) is 0 Å². The van der Waals surface area contributed by atoms with Crippen molar-refractivity contribution in [2.24, 2.45) is 35.3 Å². The van der Waals surface area contributed by atoms with Crippen LogP contribution in [0.1, 0.15) is 51.9 Å². The van der Waals surface area contributed by atoms with Crippen molar-refractivity contribution in [3.63, 3.8) is 0 Å². The van der Waals surface area contributed by atoms with E-state index in [0.29, 0.717) is 48.1 Å². The predicted octanol–water partition coefficient (Wildman–Crippen LogP) is 4.85. The molecule has 230 valence electrons. The van der Waals surface area contributed by atoms with Crippen molar-refractivity contribution in [3.8, 4) is 5.75 Å². The molecule has 6 aliphatic rings. The first-order valence-electron chi connectivity index (χ1n) is 16.0. The lowest BCUT2D eigenvalue weighted by molar-refractivity contribution is -0.0170. The number of fused-ring (bicyclic) bond motifs is 1. The fraction of sp³-hybridized carbons (Fsp3) is 0.625. The number of anilines is 4. The topological polar surface area (TPSA) is 111 Å². The zero-order valence-corrected chi connectivity index (χ0v) is 25.6. The summed E-state index contributed by atoms with van der Waals surface area (Å²) in [6.07, 6.45) is 10.0. The Morgan fingerprint density at radius 2 is 1.74 bits per heavy atom. The number of hydrazine groups is 1. The maximum Gasteiger partial charge on any atom is 0.343 e. The minimum absolute atomic E-state index is 0.00410. The van der Waals surface area contributed by atoms with E-state index in [4.69, 9.17) is 15.5 Å². The highest BCUT2D eigenvalue weighted by molar-refractivity contribution is 6.01. The van der Waals surface area contributed by atoms with Gasteiger partial charge in [0.15, 0.2) is 5.82 Å². The van der Waals surface area contributed by atoms with Crippen molar-refractivity contribution in [2.75, 3.05) is 55.1 Å². The van der Waals surface area contributed by atoms with Crippen LogP contribution in [0.5, 0.6) is 5.75 Å². The van der Waals surface area contributed by atoms with E-state index in [1.807, 2.05) is 29.0 Å². The fourth-order valence-electron chi connectivity index (χ4n) is 8.98. The van der Waals surface area contributed by atoms with Gasteiger partial charge in [0.25, 0.3) is 0 Å². The number of amides is 4. The summed E-state index contributed by atoms with van der Waals surface area (Å²) in [6, 6.07) is 6.71. The average Bonchev–Trinajstić information content (AvgIpc) is 2.99. The molecule has 1 aromatic heterocycles. The van der Waals surface area contributed by atoms with E-state index in [1.54, 1.807) is 25.4 Å². The number of carbonyl (C=O) groups excluding carboxylic acids is 2. The average molecular weight is 589 g/mol. The molecule has 3 heterocycles. The zero-order chi connectivity index (χ0) is 29.8. The van der Waals surface area contributed by atoms with Crippen LogP contribution >= 0.6 is 0 Å². The van der Waals surface area contributed by atoms with Gasteiger partial charge in [-0.2, -0.15) is 4.98 Å². The lowest BCUT2D eigenvalue weighted by Gasteiger charge is -2.60. The summed E-state index contributed by atoms with van der Waals surface area (Å²) in [7, 11) is 3.71. The summed E-state index contributed by atoms with van der Waals surface area (Å²) in [5.41, 5.74) is 7.16. The first kappa shape index (κ1) is 28.2. The Labute approximate surface area is 253 Å². The minimum atomic E-state index is -0.701. The van der Waals surface area contributed by atoms with Gasteiger partial charge >= 0.3 is 12.1 Å². The normalized spacial score (nSPS) is 28.8.